The number of carbonyl (C=O) groups is 1. The molecule has 0 aromatic heterocycles. The van der Waals surface area contributed by atoms with Gasteiger partial charge in [-0.15, -0.1) is 0 Å². The van der Waals surface area contributed by atoms with Crippen LogP contribution >= 0.6 is 0 Å². The molecule has 0 saturated carbocycles. The minimum absolute atomic E-state index is 0.360. The van der Waals surface area contributed by atoms with Gasteiger partial charge in [-0.2, -0.15) is 0 Å². The van der Waals surface area contributed by atoms with Crippen LogP contribution in [0.25, 0.3) is 10.4 Å². The molecule has 0 aliphatic heterocycles. The summed E-state index contributed by atoms with van der Waals surface area (Å²) in [4.78, 5) is 12.6. The third-order valence-corrected chi connectivity index (χ3v) is 1.28. The maximum absolute atomic E-state index is 10.0. The fourth-order valence-corrected chi connectivity index (χ4v) is 0.675. The van der Waals surface area contributed by atoms with Gasteiger partial charge in [-0.05, 0) is 18.4 Å². The molecule has 0 aromatic carbocycles. The number of rotatable bonds is 6. The summed E-state index contributed by atoms with van der Waals surface area (Å²) in [5, 5.41) is 3.35. The molecule has 0 aliphatic carbocycles. The molecule has 0 fully saturated rings. The minimum atomic E-state index is -0.360. The molecule has 0 aliphatic rings. The maximum atomic E-state index is 10.0. The molecule has 0 saturated heterocycles. The van der Waals surface area contributed by atoms with Gasteiger partial charge in [0, 0.05) is 11.5 Å². The van der Waals surface area contributed by atoms with E-state index in [1.165, 1.54) is 0 Å². The highest BCUT2D eigenvalue weighted by Crippen LogP contribution is 1.97. The summed E-state index contributed by atoms with van der Waals surface area (Å²) in [6.45, 7) is 0.488. The Morgan fingerprint density at radius 3 is 2.91 bits per heavy atom. The summed E-state index contributed by atoms with van der Waals surface area (Å²) < 4.78 is 0. The van der Waals surface area contributed by atoms with Crippen LogP contribution in [0.1, 0.15) is 19.3 Å². The van der Waals surface area contributed by atoms with E-state index >= 15 is 0 Å². The van der Waals surface area contributed by atoms with E-state index in [4.69, 9.17) is 11.3 Å². The van der Waals surface area contributed by atoms with E-state index in [9.17, 15) is 4.79 Å². The lowest BCUT2D eigenvalue weighted by Gasteiger charge is -2.00. The van der Waals surface area contributed by atoms with Gasteiger partial charge >= 0.3 is 0 Å². The Morgan fingerprint density at radius 1 is 1.64 bits per heavy atom. The van der Waals surface area contributed by atoms with E-state index in [0.29, 0.717) is 13.0 Å². The van der Waals surface area contributed by atoms with Crippen molar-refractivity contribution >= 4 is 6.29 Å². The smallest absolute Gasteiger partial charge is 0.136 e. The number of azide groups is 1. The van der Waals surface area contributed by atoms with E-state index in [0.717, 1.165) is 19.1 Å². The average Bonchev–Trinajstić information content (AvgIpc) is 2.04. The Kier molecular flexibility index (Phi) is 6.37. The van der Waals surface area contributed by atoms with Gasteiger partial charge in [-0.3, -0.25) is 0 Å². The highest BCUT2D eigenvalue weighted by molar-refractivity contribution is 5.56. The number of aldehydes is 1. The third kappa shape index (κ3) is 6.83. The van der Waals surface area contributed by atoms with Crippen LogP contribution in [0.5, 0.6) is 0 Å². The molecule has 0 spiro atoms. The van der Waals surface area contributed by atoms with Gasteiger partial charge in [0.25, 0.3) is 0 Å². The van der Waals surface area contributed by atoms with E-state index < -0.39 is 0 Å². The van der Waals surface area contributed by atoms with Crippen molar-refractivity contribution in [3.05, 3.63) is 10.4 Å². The number of hydrogen-bond acceptors (Lipinski definition) is 3. The maximum Gasteiger partial charge on any atom is 0.136 e. The van der Waals surface area contributed by atoms with Crippen LogP contribution in [-0.4, -0.2) is 18.9 Å². The number of unbranched alkanes of at least 4 members (excludes halogenated alkanes) is 1. The van der Waals surface area contributed by atoms with Crippen LogP contribution in [0.15, 0.2) is 5.11 Å². The molecule has 5 nitrogen and oxygen atoms in total. The zero-order valence-corrected chi connectivity index (χ0v) is 6.31. The lowest BCUT2D eigenvalue weighted by molar-refractivity contribution is -0.109. The van der Waals surface area contributed by atoms with Crippen molar-refractivity contribution < 1.29 is 4.79 Å². The topological polar surface area (TPSA) is 91.8 Å². The van der Waals surface area contributed by atoms with Crippen molar-refractivity contribution in [2.45, 2.75) is 25.3 Å². The summed E-state index contributed by atoms with van der Waals surface area (Å²) in [5.74, 6) is 0. The van der Waals surface area contributed by atoms with Gasteiger partial charge in [0.15, 0.2) is 0 Å². The van der Waals surface area contributed by atoms with Gasteiger partial charge in [0.2, 0.25) is 0 Å². The number of hydrogen-bond donors (Lipinski definition) is 1. The Balaban J connectivity index is 3.13. The molecule has 11 heavy (non-hydrogen) atoms. The van der Waals surface area contributed by atoms with Crippen molar-refractivity contribution in [3.8, 4) is 0 Å². The van der Waals surface area contributed by atoms with Gasteiger partial charge in [0.05, 0.1) is 6.04 Å². The summed E-state index contributed by atoms with van der Waals surface area (Å²) >= 11 is 0. The highest BCUT2D eigenvalue weighted by atomic mass is 16.1. The quantitative estimate of drug-likeness (QED) is 0.204. The molecule has 0 unspecified atom stereocenters. The van der Waals surface area contributed by atoms with Gasteiger partial charge in [-0.1, -0.05) is 11.5 Å². The molecule has 2 N–H and O–H groups in total. The molecule has 0 heterocycles. The largest absolute Gasteiger partial charge is 0.322 e. The summed E-state index contributed by atoms with van der Waals surface area (Å²) in [6.07, 6.45) is 3.03. The Bertz CT molecular complexity index is 153. The second-order valence-electron chi connectivity index (χ2n) is 2.25. The summed E-state index contributed by atoms with van der Waals surface area (Å²) in [5.41, 5.74) is 13.2. The first-order chi connectivity index (χ1) is 5.31. The molecule has 0 bridgehead atoms. The van der Waals surface area contributed by atoms with Gasteiger partial charge < -0.3 is 10.5 Å². The number of carbonyl (C=O) groups excluding carboxylic acids is 1. The SMILES string of the molecule is [N-]=[N+]=NCCCC[C@H](N)C=O. The van der Waals surface area contributed by atoms with Crippen molar-refractivity contribution in [1.82, 2.24) is 0 Å². The van der Waals surface area contributed by atoms with Crippen molar-refractivity contribution in [1.29, 1.82) is 0 Å². The number of nitrogens with zero attached hydrogens (tertiary/aromatic N) is 3. The highest BCUT2D eigenvalue weighted by Gasteiger charge is 1.97. The first-order valence-corrected chi connectivity index (χ1v) is 3.53. The van der Waals surface area contributed by atoms with Crippen molar-refractivity contribution in [2.75, 3.05) is 6.54 Å². The van der Waals surface area contributed by atoms with E-state index in [-0.39, 0.29) is 6.04 Å². The van der Waals surface area contributed by atoms with E-state index in [2.05, 4.69) is 10.0 Å². The van der Waals surface area contributed by atoms with E-state index in [1.807, 2.05) is 0 Å². The van der Waals surface area contributed by atoms with E-state index in [1.54, 1.807) is 0 Å². The summed E-state index contributed by atoms with van der Waals surface area (Å²) in [6, 6.07) is -0.360. The van der Waals surface area contributed by atoms with Crippen molar-refractivity contribution in [2.24, 2.45) is 10.8 Å². The molecule has 1 atom stereocenters. The predicted molar refractivity (Wildman–Crippen MR) is 41.9 cm³/mol. The minimum Gasteiger partial charge on any atom is -0.322 e. The zero-order chi connectivity index (χ0) is 8.53. The van der Waals surface area contributed by atoms with Crippen LogP contribution in [0.4, 0.5) is 0 Å². The standard InChI is InChI=1S/C6H12N4O/c7-6(5-11)3-1-2-4-9-10-8/h5-6H,1-4,7H2/t6-/m0/s1. The molecular formula is C6H12N4O. The number of nitrogens with two attached hydrogens (primary N) is 1. The fourth-order valence-electron chi connectivity index (χ4n) is 0.675. The van der Waals surface area contributed by atoms with Crippen LogP contribution in [0.3, 0.4) is 0 Å². The molecule has 62 valence electrons. The van der Waals surface area contributed by atoms with Gasteiger partial charge in [-0.25, -0.2) is 0 Å². The molecular weight excluding hydrogens is 144 g/mol. The van der Waals surface area contributed by atoms with Crippen LogP contribution in [-0.2, 0) is 4.79 Å². The van der Waals surface area contributed by atoms with Crippen LogP contribution in [0.2, 0.25) is 0 Å². The van der Waals surface area contributed by atoms with Crippen LogP contribution < -0.4 is 5.73 Å². The lowest BCUT2D eigenvalue weighted by Crippen LogP contribution is -2.20. The first-order valence-electron chi connectivity index (χ1n) is 3.53. The second-order valence-corrected chi connectivity index (χ2v) is 2.25. The molecule has 0 aromatic rings. The fraction of sp³-hybridized carbons (Fsp3) is 0.833. The Morgan fingerprint density at radius 2 is 2.36 bits per heavy atom. The molecule has 0 rings (SSSR count). The molecule has 0 amide bonds. The zero-order valence-electron chi connectivity index (χ0n) is 6.31. The monoisotopic (exact) mass is 156 g/mol. The normalized spacial score (nSPS) is 11.7. The van der Waals surface area contributed by atoms with Gasteiger partial charge in [0.1, 0.15) is 6.29 Å². The lowest BCUT2D eigenvalue weighted by atomic mass is 10.1. The third-order valence-electron chi connectivity index (χ3n) is 1.28. The molecule has 5 heteroatoms. The summed E-state index contributed by atoms with van der Waals surface area (Å²) in [7, 11) is 0. The Labute approximate surface area is 65.2 Å². The molecule has 0 radical (unpaired) electrons. The first kappa shape index (κ1) is 9.94. The van der Waals surface area contributed by atoms with Crippen molar-refractivity contribution in [3.63, 3.8) is 0 Å². The Hall–Kier alpha value is -1.06. The average molecular weight is 156 g/mol. The predicted octanol–water partition coefficient (Wildman–Crippen LogP) is 0.993. The second kappa shape index (κ2) is 7.05. The van der Waals surface area contributed by atoms with Crippen LogP contribution in [0, 0.1) is 0 Å².